The molecule has 134 valence electrons. The first kappa shape index (κ1) is 18.0. The van der Waals surface area contributed by atoms with Gasteiger partial charge >= 0.3 is 0 Å². The number of hydrazone groups is 1. The third-order valence-electron chi connectivity index (χ3n) is 2.91. The summed E-state index contributed by atoms with van der Waals surface area (Å²) in [6.07, 6.45) is 3.01. The van der Waals surface area contributed by atoms with E-state index in [1.807, 2.05) is 0 Å². The SMILES string of the molecule is O=C(CSc1n[nH]c(N/N=C\c2ccco2)n1)Nc1ccc(Cl)cc1F. The van der Waals surface area contributed by atoms with Crippen molar-refractivity contribution in [3.63, 3.8) is 0 Å². The minimum absolute atomic E-state index is 0.00895. The molecule has 1 amide bonds. The van der Waals surface area contributed by atoms with Gasteiger partial charge in [-0.1, -0.05) is 23.4 Å². The Hall–Kier alpha value is -2.85. The van der Waals surface area contributed by atoms with Gasteiger partial charge in [-0.3, -0.25) is 4.79 Å². The van der Waals surface area contributed by atoms with Crippen molar-refractivity contribution in [2.24, 2.45) is 5.10 Å². The van der Waals surface area contributed by atoms with Gasteiger partial charge in [-0.05, 0) is 30.3 Å². The Balaban J connectivity index is 1.47. The van der Waals surface area contributed by atoms with E-state index < -0.39 is 11.7 Å². The zero-order valence-corrected chi connectivity index (χ0v) is 14.6. The fraction of sp³-hybridized carbons (Fsp3) is 0.0667. The van der Waals surface area contributed by atoms with Crippen LogP contribution < -0.4 is 10.7 Å². The predicted molar refractivity (Wildman–Crippen MR) is 97.1 cm³/mol. The fourth-order valence-electron chi connectivity index (χ4n) is 1.79. The van der Waals surface area contributed by atoms with Crippen LogP contribution in [-0.2, 0) is 4.79 Å². The lowest BCUT2D eigenvalue weighted by atomic mass is 10.3. The molecule has 0 spiro atoms. The molecule has 0 bridgehead atoms. The van der Waals surface area contributed by atoms with Crippen LogP contribution in [0.25, 0.3) is 0 Å². The van der Waals surface area contributed by atoms with Crippen molar-refractivity contribution in [1.82, 2.24) is 15.2 Å². The van der Waals surface area contributed by atoms with E-state index in [0.717, 1.165) is 17.8 Å². The summed E-state index contributed by atoms with van der Waals surface area (Å²) in [5.74, 6) is -0.104. The van der Waals surface area contributed by atoms with Crippen molar-refractivity contribution < 1.29 is 13.6 Å². The normalized spacial score (nSPS) is 11.0. The van der Waals surface area contributed by atoms with Crippen LogP contribution in [0.3, 0.4) is 0 Å². The van der Waals surface area contributed by atoms with Crippen LogP contribution in [0.5, 0.6) is 0 Å². The third kappa shape index (κ3) is 5.07. The minimum Gasteiger partial charge on any atom is -0.463 e. The maximum atomic E-state index is 13.6. The van der Waals surface area contributed by atoms with Crippen LogP contribution in [-0.4, -0.2) is 33.1 Å². The van der Waals surface area contributed by atoms with Gasteiger partial charge in [0.15, 0.2) is 0 Å². The Morgan fingerprint density at radius 2 is 2.35 bits per heavy atom. The van der Waals surface area contributed by atoms with Gasteiger partial charge in [0.05, 0.1) is 23.9 Å². The molecule has 0 atom stereocenters. The van der Waals surface area contributed by atoms with Crippen LogP contribution >= 0.6 is 23.4 Å². The number of anilines is 2. The maximum Gasteiger partial charge on any atom is 0.240 e. The number of furan rings is 1. The number of nitrogens with zero attached hydrogens (tertiary/aromatic N) is 3. The summed E-state index contributed by atoms with van der Waals surface area (Å²) in [5, 5.41) is 13.5. The highest BCUT2D eigenvalue weighted by molar-refractivity contribution is 7.99. The van der Waals surface area contributed by atoms with Crippen LogP contribution in [0, 0.1) is 5.82 Å². The number of amides is 1. The molecule has 2 aromatic heterocycles. The standard InChI is InChI=1S/C15H12ClFN6O2S/c16-9-3-4-12(11(17)6-9)19-13(24)8-26-15-20-14(22-23-15)21-18-7-10-2-1-5-25-10/h1-7H,8H2,(H,19,24)(H2,20,21,22,23)/b18-7-. The van der Waals surface area contributed by atoms with Gasteiger partial charge in [-0.15, -0.1) is 5.10 Å². The number of hydrogen-bond acceptors (Lipinski definition) is 7. The molecular formula is C15H12ClFN6O2S. The molecule has 11 heteroatoms. The van der Waals surface area contributed by atoms with E-state index in [1.54, 1.807) is 12.1 Å². The molecule has 8 nitrogen and oxygen atoms in total. The number of thioether (sulfide) groups is 1. The number of carbonyl (C=O) groups excluding carboxylic acids is 1. The van der Waals surface area contributed by atoms with Gasteiger partial charge < -0.3 is 9.73 Å². The number of rotatable bonds is 7. The number of nitrogens with one attached hydrogen (secondary N) is 3. The average molecular weight is 395 g/mol. The summed E-state index contributed by atoms with van der Waals surface area (Å²) in [6, 6.07) is 7.50. The van der Waals surface area contributed by atoms with Crippen molar-refractivity contribution in [2.75, 3.05) is 16.5 Å². The first-order valence-corrected chi connectivity index (χ1v) is 8.59. The second-order valence-corrected chi connectivity index (χ2v) is 6.19. The zero-order chi connectivity index (χ0) is 18.4. The highest BCUT2D eigenvalue weighted by atomic mass is 35.5. The summed E-state index contributed by atoms with van der Waals surface area (Å²) in [6.45, 7) is 0. The Kier molecular flexibility index (Phi) is 5.87. The number of aromatic amines is 1. The number of H-pyrrole nitrogens is 1. The van der Waals surface area contributed by atoms with E-state index in [0.29, 0.717) is 16.9 Å². The van der Waals surface area contributed by atoms with Crippen molar-refractivity contribution >= 4 is 47.1 Å². The average Bonchev–Trinajstić information content (AvgIpc) is 3.28. The van der Waals surface area contributed by atoms with Gasteiger partial charge in [0.1, 0.15) is 11.6 Å². The molecule has 0 radical (unpaired) electrons. The van der Waals surface area contributed by atoms with Crippen LogP contribution in [0.2, 0.25) is 5.02 Å². The molecule has 3 rings (SSSR count). The first-order valence-electron chi connectivity index (χ1n) is 7.23. The second kappa shape index (κ2) is 8.50. The Morgan fingerprint density at radius 1 is 1.46 bits per heavy atom. The van der Waals surface area contributed by atoms with Crippen molar-refractivity contribution in [1.29, 1.82) is 0 Å². The Labute approximate surface area is 156 Å². The molecule has 2 heterocycles. The topological polar surface area (TPSA) is 108 Å². The number of aromatic nitrogens is 3. The quantitative estimate of drug-likeness (QED) is 0.322. The largest absolute Gasteiger partial charge is 0.463 e. The molecule has 0 fully saturated rings. The van der Waals surface area contributed by atoms with Crippen molar-refractivity contribution in [3.8, 4) is 0 Å². The lowest BCUT2D eigenvalue weighted by Crippen LogP contribution is -2.15. The molecule has 0 saturated carbocycles. The Bertz CT molecular complexity index is 915. The summed E-state index contributed by atoms with van der Waals surface area (Å²) in [7, 11) is 0. The van der Waals surface area contributed by atoms with E-state index in [9.17, 15) is 9.18 Å². The third-order valence-corrected chi connectivity index (χ3v) is 3.99. The molecule has 3 aromatic rings. The second-order valence-electron chi connectivity index (χ2n) is 4.81. The van der Waals surface area contributed by atoms with E-state index >= 15 is 0 Å². The number of halogens is 2. The molecule has 0 saturated heterocycles. The van der Waals surface area contributed by atoms with Gasteiger partial charge in [-0.25, -0.2) is 14.9 Å². The summed E-state index contributed by atoms with van der Waals surface area (Å²) < 4.78 is 18.7. The monoisotopic (exact) mass is 394 g/mol. The van der Waals surface area contributed by atoms with Gasteiger partial charge in [0.25, 0.3) is 0 Å². The summed E-state index contributed by atoms with van der Waals surface area (Å²) >= 11 is 6.75. The number of carbonyl (C=O) groups is 1. The molecule has 0 aliphatic rings. The van der Waals surface area contributed by atoms with Crippen molar-refractivity contribution in [2.45, 2.75) is 5.16 Å². The predicted octanol–water partition coefficient (Wildman–Crippen LogP) is 3.37. The lowest BCUT2D eigenvalue weighted by Gasteiger charge is -2.05. The van der Waals surface area contributed by atoms with Gasteiger partial charge in [0, 0.05) is 5.02 Å². The van der Waals surface area contributed by atoms with Crippen molar-refractivity contribution in [3.05, 3.63) is 53.2 Å². The van der Waals surface area contributed by atoms with Crippen LogP contribution in [0.15, 0.2) is 51.3 Å². The smallest absolute Gasteiger partial charge is 0.240 e. The highest BCUT2D eigenvalue weighted by Gasteiger charge is 2.10. The minimum atomic E-state index is -0.602. The van der Waals surface area contributed by atoms with Crippen LogP contribution in [0.1, 0.15) is 5.76 Å². The van der Waals surface area contributed by atoms with E-state index in [2.05, 4.69) is 31.0 Å². The van der Waals surface area contributed by atoms with Gasteiger partial charge in [-0.2, -0.15) is 10.1 Å². The fourth-order valence-corrected chi connectivity index (χ4v) is 2.55. The molecule has 1 aromatic carbocycles. The number of benzene rings is 1. The van der Waals surface area contributed by atoms with E-state index in [4.69, 9.17) is 16.0 Å². The van der Waals surface area contributed by atoms with Crippen LogP contribution in [0.4, 0.5) is 16.0 Å². The molecule has 0 unspecified atom stereocenters. The molecule has 0 aliphatic heterocycles. The Morgan fingerprint density at radius 3 is 3.12 bits per heavy atom. The molecular weight excluding hydrogens is 383 g/mol. The van der Waals surface area contributed by atoms with E-state index in [-0.39, 0.29) is 16.5 Å². The molecule has 3 N–H and O–H groups in total. The highest BCUT2D eigenvalue weighted by Crippen LogP contribution is 2.20. The van der Waals surface area contributed by atoms with E-state index in [1.165, 1.54) is 24.6 Å². The maximum absolute atomic E-state index is 13.6. The van der Waals surface area contributed by atoms with Gasteiger partial charge in [0.2, 0.25) is 17.0 Å². The number of hydrogen-bond donors (Lipinski definition) is 3. The lowest BCUT2D eigenvalue weighted by molar-refractivity contribution is -0.113. The summed E-state index contributed by atoms with van der Waals surface area (Å²) in [4.78, 5) is 16.0. The zero-order valence-electron chi connectivity index (χ0n) is 13.1. The summed E-state index contributed by atoms with van der Waals surface area (Å²) in [5.41, 5.74) is 2.71. The first-order chi connectivity index (χ1) is 12.6. The molecule has 0 aliphatic carbocycles. The molecule has 26 heavy (non-hydrogen) atoms.